The number of thiophene rings is 1. The van der Waals surface area contributed by atoms with E-state index < -0.39 is 18.1 Å². The number of fused-ring (bicyclic) bond motifs is 2. The summed E-state index contributed by atoms with van der Waals surface area (Å²) in [5.41, 5.74) is 1.47. The molecule has 0 amide bonds. The zero-order valence-corrected chi connectivity index (χ0v) is 21.4. The molecule has 1 spiro atoms. The number of hydrogen-bond acceptors (Lipinski definition) is 8. The van der Waals surface area contributed by atoms with E-state index in [9.17, 15) is 8.78 Å². The normalized spacial score (nSPS) is 23.2. The highest BCUT2D eigenvalue weighted by atomic mass is 35.5. The summed E-state index contributed by atoms with van der Waals surface area (Å²) < 4.78 is 36.9. The number of alkyl halides is 2. The number of halogens is 3. The lowest BCUT2D eigenvalue weighted by Gasteiger charge is -2.45. The molecule has 8 nitrogen and oxygen atoms in total. The van der Waals surface area contributed by atoms with Gasteiger partial charge in [-0.25, -0.2) is 19.7 Å². The molecule has 1 saturated heterocycles. The Labute approximate surface area is 216 Å². The van der Waals surface area contributed by atoms with Crippen LogP contribution in [0.15, 0.2) is 42.2 Å². The minimum Gasteiger partial charge on any atom is -0.363 e. The molecule has 1 fully saturated rings. The van der Waals surface area contributed by atoms with Crippen LogP contribution in [0.3, 0.4) is 0 Å². The fourth-order valence-electron chi connectivity index (χ4n) is 5.38. The van der Waals surface area contributed by atoms with Crippen LogP contribution >= 0.6 is 22.9 Å². The van der Waals surface area contributed by atoms with Crippen molar-refractivity contribution in [1.29, 1.82) is 0 Å². The SMILES string of the molecule is CC1=NN(c2ncccc2Cn2cncn2)CC1CN1CCC2(CC1)OCC(F)(F)c1cc(Cl)sc12. The largest absolute Gasteiger partial charge is 0.363 e. The molecule has 0 bridgehead atoms. The molecule has 36 heavy (non-hydrogen) atoms. The Morgan fingerprint density at radius 1 is 1.28 bits per heavy atom. The molecule has 0 radical (unpaired) electrons. The van der Waals surface area contributed by atoms with Gasteiger partial charge in [-0.3, -0.25) is 0 Å². The van der Waals surface area contributed by atoms with Crippen LogP contribution in [0.1, 0.15) is 35.8 Å². The van der Waals surface area contributed by atoms with Crippen molar-refractivity contribution in [3.8, 4) is 0 Å². The lowest BCUT2D eigenvalue weighted by molar-refractivity contribution is -0.181. The molecule has 1 unspecified atom stereocenters. The summed E-state index contributed by atoms with van der Waals surface area (Å²) in [6.45, 7) is 5.17. The highest BCUT2D eigenvalue weighted by molar-refractivity contribution is 7.16. The quantitative estimate of drug-likeness (QED) is 0.485. The Kier molecular flexibility index (Phi) is 6.06. The van der Waals surface area contributed by atoms with Gasteiger partial charge in [-0.15, -0.1) is 11.3 Å². The zero-order valence-electron chi connectivity index (χ0n) is 19.8. The van der Waals surface area contributed by atoms with Crippen molar-refractivity contribution < 1.29 is 13.5 Å². The second-order valence-corrected chi connectivity index (χ2v) is 11.4. The first-order chi connectivity index (χ1) is 17.3. The highest BCUT2D eigenvalue weighted by Gasteiger charge is 2.51. The fourth-order valence-corrected chi connectivity index (χ4v) is 6.86. The van der Waals surface area contributed by atoms with Crippen molar-refractivity contribution in [2.75, 3.05) is 37.8 Å². The predicted molar refractivity (Wildman–Crippen MR) is 134 cm³/mol. The second kappa shape index (κ2) is 9.13. The van der Waals surface area contributed by atoms with Crippen LogP contribution in [0.5, 0.6) is 0 Å². The number of hydrogen-bond donors (Lipinski definition) is 0. The number of aromatic nitrogens is 4. The van der Waals surface area contributed by atoms with Crippen LogP contribution < -0.4 is 5.01 Å². The van der Waals surface area contributed by atoms with E-state index in [1.54, 1.807) is 17.2 Å². The molecule has 0 aliphatic carbocycles. The minimum atomic E-state index is -2.99. The third-order valence-electron chi connectivity index (χ3n) is 7.36. The molecular formula is C24H26ClF2N7OS. The Morgan fingerprint density at radius 3 is 2.89 bits per heavy atom. The summed E-state index contributed by atoms with van der Waals surface area (Å²) in [4.78, 5) is 11.6. The Morgan fingerprint density at radius 2 is 2.11 bits per heavy atom. The molecule has 3 aliphatic heterocycles. The van der Waals surface area contributed by atoms with Gasteiger partial charge in [0.1, 0.15) is 24.9 Å². The number of rotatable bonds is 5. The zero-order chi connectivity index (χ0) is 24.9. The Bertz CT molecular complexity index is 1270. The van der Waals surface area contributed by atoms with Crippen molar-refractivity contribution in [2.24, 2.45) is 11.0 Å². The lowest BCUT2D eigenvalue weighted by Crippen LogP contribution is -2.50. The lowest BCUT2D eigenvalue weighted by atomic mass is 9.84. The molecule has 0 aromatic carbocycles. The number of anilines is 1. The molecule has 3 aromatic rings. The van der Waals surface area contributed by atoms with E-state index in [0.717, 1.165) is 43.3 Å². The van der Waals surface area contributed by atoms with E-state index in [0.29, 0.717) is 28.6 Å². The second-order valence-electron chi connectivity index (χ2n) is 9.68. The fraction of sp³-hybridized carbons (Fsp3) is 0.500. The van der Waals surface area contributed by atoms with Crippen molar-refractivity contribution in [1.82, 2.24) is 24.6 Å². The monoisotopic (exact) mass is 533 g/mol. The summed E-state index contributed by atoms with van der Waals surface area (Å²) in [6, 6.07) is 5.36. The molecule has 12 heteroatoms. The van der Waals surface area contributed by atoms with Gasteiger partial charge in [0.15, 0.2) is 5.82 Å². The molecule has 6 heterocycles. The molecule has 0 N–H and O–H groups in total. The summed E-state index contributed by atoms with van der Waals surface area (Å²) in [6.07, 6.45) is 6.32. The molecule has 3 aromatic heterocycles. The topological polar surface area (TPSA) is 71.7 Å². The van der Waals surface area contributed by atoms with Crippen molar-refractivity contribution >= 4 is 34.5 Å². The number of pyridine rings is 1. The number of hydrazone groups is 1. The molecular weight excluding hydrogens is 508 g/mol. The molecule has 1 atom stereocenters. The average molecular weight is 534 g/mol. The first kappa shape index (κ1) is 23.9. The van der Waals surface area contributed by atoms with Crippen molar-refractivity contribution in [2.45, 2.75) is 37.8 Å². The summed E-state index contributed by atoms with van der Waals surface area (Å²) in [5, 5.41) is 11.0. The van der Waals surface area contributed by atoms with E-state index >= 15 is 0 Å². The number of nitrogens with zero attached hydrogens (tertiary/aromatic N) is 7. The summed E-state index contributed by atoms with van der Waals surface area (Å²) >= 11 is 7.37. The van der Waals surface area contributed by atoms with Gasteiger partial charge in [-0.1, -0.05) is 17.7 Å². The van der Waals surface area contributed by atoms with Gasteiger partial charge in [-0.2, -0.15) is 19.0 Å². The first-order valence-electron chi connectivity index (χ1n) is 12.0. The number of piperidine rings is 1. The molecule has 0 saturated carbocycles. The minimum absolute atomic E-state index is 0.0451. The van der Waals surface area contributed by atoms with Gasteiger partial charge in [-0.05, 0) is 31.9 Å². The first-order valence-corrected chi connectivity index (χ1v) is 13.2. The van der Waals surface area contributed by atoms with E-state index in [1.165, 1.54) is 23.7 Å². The van der Waals surface area contributed by atoms with Gasteiger partial charge in [0.25, 0.3) is 5.92 Å². The van der Waals surface area contributed by atoms with Crippen molar-refractivity contribution in [3.63, 3.8) is 0 Å². The average Bonchev–Trinajstić information content (AvgIpc) is 3.60. The third kappa shape index (κ3) is 4.31. The van der Waals surface area contributed by atoms with E-state index in [4.69, 9.17) is 21.4 Å². The highest BCUT2D eigenvalue weighted by Crippen LogP contribution is 2.52. The van der Waals surface area contributed by atoms with Crippen LogP contribution in [0.2, 0.25) is 4.34 Å². The third-order valence-corrected chi connectivity index (χ3v) is 8.80. The summed E-state index contributed by atoms with van der Waals surface area (Å²) in [5.74, 6) is -1.91. The maximum atomic E-state index is 14.4. The molecule has 3 aliphatic rings. The van der Waals surface area contributed by atoms with Gasteiger partial charge in [0.2, 0.25) is 0 Å². The van der Waals surface area contributed by atoms with Crippen LogP contribution in [0.25, 0.3) is 0 Å². The predicted octanol–water partition coefficient (Wildman–Crippen LogP) is 4.36. The Balaban J connectivity index is 1.12. The summed E-state index contributed by atoms with van der Waals surface area (Å²) in [7, 11) is 0. The van der Waals surface area contributed by atoms with Gasteiger partial charge < -0.3 is 9.64 Å². The van der Waals surface area contributed by atoms with Crippen LogP contribution in [0, 0.1) is 5.92 Å². The standard InChI is InChI=1S/C24H26ClF2N7OS/c1-16-18(12-34(31-16)22-17(3-2-6-29-22)11-33-15-28-14-30-33)10-32-7-4-23(5-8-32)21-19(9-20(25)36-21)24(26,27)13-35-23/h2-3,6,9,14-15,18H,4-5,7-8,10-13H2,1H3. The molecule has 190 valence electrons. The van der Waals surface area contributed by atoms with E-state index in [1.807, 2.05) is 17.1 Å². The van der Waals surface area contributed by atoms with E-state index in [2.05, 4.69) is 26.9 Å². The molecule has 6 rings (SSSR count). The van der Waals surface area contributed by atoms with Gasteiger partial charge in [0, 0.05) is 53.5 Å². The van der Waals surface area contributed by atoms with E-state index in [-0.39, 0.29) is 11.5 Å². The van der Waals surface area contributed by atoms with Gasteiger partial charge in [0.05, 0.1) is 17.4 Å². The maximum Gasteiger partial charge on any atom is 0.297 e. The Hall–Kier alpha value is -2.47. The van der Waals surface area contributed by atoms with Crippen molar-refractivity contribution in [3.05, 3.63) is 57.4 Å². The van der Waals surface area contributed by atoms with Crippen LogP contribution in [-0.4, -0.2) is 63.1 Å². The van der Waals surface area contributed by atoms with Crippen LogP contribution in [0.4, 0.5) is 14.6 Å². The number of ether oxygens (including phenoxy) is 1. The maximum absolute atomic E-state index is 14.4. The smallest absolute Gasteiger partial charge is 0.297 e. The van der Waals surface area contributed by atoms with Gasteiger partial charge >= 0.3 is 0 Å². The number of likely N-dealkylation sites (tertiary alicyclic amines) is 1. The van der Waals surface area contributed by atoms with Crippen LogP contribution in [-0.2, 0) is 22.8 Å².